The summed E-state index contributed by atoms with van der Waals surface area (Å²) in [7, 11) is 0. The Bertz CT molecular complexity index is 137. The van der Waals surface area contributed by atoms with Crippen molar-refractivity contribution >= 4 is 5.78 Å². The van der Waals surface area contributed by atoms with Crippen LogP contribution >= 0.6 is 0 Å². The molecule has 0 heterocycles. The minimum atomic E-state index is -0.414. The first-order valence-electron chi connectivity index (χ1n) is 3.77. The smallest absolute Gasteiger partial charge is 0.141 e. The van der Waals surface area contributed by atoms with E-state index in [9.17, 15) is 9.90 Å². The molecule has 0 saturated heterocycles. The second-order valence-corrected chi connectivity index (χ2v) is 3.33. The van der Waals surface area contributed by atoms with Gasteiger partial charge in [-0.25, -0.2) is 0 Å². The average Bonchev–Trinajstić information content (AvgIpc) is 2.07. The molecule has 0 aromatic carbocycles. The number of aliphatic hydroxyl groups is 1. The summed E-state index contributed by atoms with van der Waals surface area (Å²) in [6.07, 6.45) is -0.414. The Morgan fingerprint density at radius 2 is 1.70 bits per heavy atom. The summed E-state index contributed by atoms with van der Waals surface area (Å²) in [5.74, 6) is 0.248. The molecule has 58 valence electrons. The zero-order chi connectivity index (χ0) is 7.89. The first kappa shape index (κ1) is 7.73. The van der Waals surface area contributed by atoms with E-state index in [0.29, 0.717) is 0 Å². The maximum atomic E-state index is 11.2. The highest BCUT2D eigenvalue weighted by atomic mass is 16.3. The Kier molecular flexibility index (Phi) is 1.82. The Balaban J connectivity index is 2.78. The van der Waals surface area contributed by atoms with Crippen LogP contribution in [-0.4, -0.2) is 17.0 Å². The fourth-order valence-corrected chi connectivity index (χ4v) is 1.59. The lowest BCUT2D eigenvalue weighted by Gasteiger charge is -2.11. The van der Waals surface area contributed by atoms with Gasteiger partial charge in [0, 0.05) is 11.8 Å². The van der Waals surface area contributed by atoms with E-state index in [-0.39, 0.29) is 23.5 Å². The van der Waals surface area contributed by atoms with Crippen LogP contribution < -0.4 is 0 Å². The molecule has 1 rings (SSSR count). The number of ketones is 1. The van der Waals surface area contributed by atoms with Crippen LogP contribution in [0.3, 0.4) is 0 Å². The third-order valence-electron chi connectivity index (χ3n) is 2.74. The molecule has 0 radical (unpaired) electrons. The Hall–Kier alpha value is -0.370. The lowest BCUT2D eigenvalue weighted by molar-refractivity contribution is -0.124. The minimum Gasteiger partial charge on any atom is -0.392 e. The Morgan fingerprint density at radius 1 is 1.20 bits per heavy atom. The number of rotatable bonds is 0. The third-order valence-corrected chi connectivity index (χ3v) is 2.74. The number of Topliss-reactive ketones (excluding diaryl/α,β-unsaturated/α-hetero) is 1. The molecular formula is C8H14O2. The lowest BCUT2D eigenvalue weighted by atomic mass is 9.99. The lowest BCUT2D eigenvalue weighted by Crippen LogP contribution is -2.18. The SMILES string of the molecule is CC1C(=O)C(C)C(O)C1C. The van der Waals surface area contributed by atoms with Gasteiger partial charge >= 0.3 is 0 Å². The highest BCUT2D eigenvalue weighted by molar-refractivity contribution is 5.86. The van der Waals surface area contributed by atoms with Gasteiger partial charge in [0.1, 0.15) is 5.78 Å². The second-order valence-electron chi connectivity index (χ2n) is 3.33. The van der Waals surface area contributed by atoms with Gasteiger partial charge < -0.3 is 5.11 Å². The van der Waals surface area contributed by atoms with Gasteiger partial charge in [-0.3, -0.25) is 4.79 Å². The number of hydrogen-bond donors (Lipinski definition) is 1. The van der Waals surface area contributed by atoms with Crippen molar-refractivity contribution < 1.29 is 9.90 Å². The van der Waals surface area contributed by atoms with Gasteiger partial charge in [-0.15, -0.1) is 0 Å². The van der Waals surface area contributed by atoms with Gasteiger partial charge in [0.05, 0.1) is 6.10 Å². The quantitative estimate of drug-likeness (QED) is 0.544. The van der Waals surface area contributed by atoms with Gasteiger partial charge in [0.15, 0.2) is 0 Å². The molecule has 4 atom stereocenters. The average molecular weight is 142 g/mol. The highest BCUT2D eigenvalue weighted by Gasteiger charge is 2.41. The predicted octanol–water partition coefficient (Wildman–Crippen LogP) is 0.838. The molecule has 0 aliphatic heterocycles. The topological polar surface area (TPSA) is 37.3 Å². The zero-order valence-corrected chi connectivity index (χ0v) is 6.66. The van der Waals surface area contributed by atoms with E-state index in [0.717, 1.165) is 0 Å². The van der Waals surface area contributed by atoms with E-state index >= 15 is 0 Å². The van der Waals surface area contributed by atoms with Crippen molar-refractivity contribution in [3.8, 4) is 0 Å². The van der Waals surface area contributed by atoms with Crippen LogP contribution in [0, 0.1) is 17.8 Å². The van der Waals surface area contributed by atoms with Crippen molar-refractivity contribution in [2.75, 3.05) is 0 Å². The van der Waals surface area contributed by atoms with Crippen molar-refractivity contribution in [2.24, 2.45) is 17.8 Å². The summed E-state index contributed by atoms with van der Waals surface area (Å²) in [4.78, 5) is 11.2. The van der Waals surface area contributed by atoms with Crippen LogP contribution in [0.25, 0.3) is 0 Å². The molecule has 0 aromatic rings. The van der Waals surface area contributed by atoms with Crippen LogP contribution in [0.5, 0.6) is 0 Å². The van der Waals surface area contributed by atoms with Gasteiger partial charge in [-0.2, -0.15) is 0 Å². The third kappa shape index (κ3) is 0.870. The van der Waals surface area contributed by atoms with Gasteiger partial charge in [0.2, 0.25) is 0 Å². The monoisotopic (exact) mass is 142 g/mol. The van der Waals surface area contributed by atoms with Crippen LogP contribution in [0.15, 0.2) is 0 Å². The molecule has 0 bridgehead atoms. The molecule has 1 fully saturated rings. The van der Waals surface area contributed by atoms with E-state index in [4.69, 9.17) is 0 Å². The summed E-state index contributed by atoms with van der Waals surface area (Å²) >= 11 is 0. The van der Waals surface area contributed by atoms with Crippen molar-refractivity contribution in [1.29, 1.82) is 0 Å². The summed E-state index contributed by atoms with van der Waals surface area (Å²) in [5.41, 5.74) is 0. The molecular weight excluding hydrogens is 128 g/mol. The maximum Gasteiger partial charge on any atom is 0.141 e. The normalized spacial score (nSPS) is 48.2. The van der Waals surface area contributed by atoms with Crippen LogP contribution in [-0.2, 0) is 4.79 Å². The van der Waals surface area contributed by atoms with Crippen LogP contribution in [0.4, 0.5) is 0 Å². The Morgan fingerprint density at radius 3 is 1.80 bits per heavy atom. The van der Waals surface area contributed by atoms with Crippen LogP contribution in [0.2, 0.25) is 0 Å². The minimum absolute atomic E-state index is 0.0463. The standard InChI is InChI=1S/C8H14O2/c1-4-5(2)8(10)6(3)7(4)9/h4-7,9H,1-3H3. The number of carbonyl (C=O) groups is 1. The van der Waals surface area contributed by atoms with E-state index in [1.54, 1.807) is 6.92 Å². The van der Waals surface area contributed by atoms with E-state index in [2.05, 4.69) is 0 Å². The van der Waals surface area contributed by atoms with E-state index < -0.39 is 6.10 Å². The van der Waals surface area contributed by atoms with Gasteiger partial charge in [-0.05, 0) is 5.92 Å². The van der Waals surface area contributed by atoms with E-state index in [1.807, 2.05) is 13.8 Å². The van der Waals surface area contributed by atoms with E-state index in [1.165, 1.54) is 0 Å². The van der Waals surface area contributed by atoms with Crippen LogP contribution in [0.1, 0.15) is 20.8 Å². The molecule has 1 N–H and O–H groups in total. The van der Waals surface area contributed by atoms with Crippen molar-refractivity contribution in [3.05, 3.63) is 0 Å². The van der Waals surface area contributed by atoms with Gasteiger partial charge in [0.25, 0.3) is 0 Å². The molecule has 0 spiro atoms. The van der Waals surface area contributed by atoms with Crippen molar-refractivity contribution in [3.63, 3.8) is 0 Å². The molecule has 10 heavy (non-hydrogen) atoms. The summed E-state index contributed by atoms with van der Waals surface area (Å²) in [6.45, 7) is 5.61. The second kappa shape index (κ2) is 2.35. The molecule has 1 aliphatic rings. The summed E-state index contributed by atoms with van der Waals surface area (Å²) < 4.78 is 0. The largest absolute Gasteiger partial charge is 0.392 e. The molecule has 0 amide bonds. The number of carbonyl (C=O) groups excluding carboxylic acids is 1. The fourth-order valence-electron chi connectivity index (χ4n) is 1.59. The Labute approximate surface area is 61.2 Å². The maximum absolute atomic E-state index is 11.2. The van der Waals surface area contributed by atoms with Crippen molar-refractivity contribution in [2.45, 2.75) is 26.9 Å². The fraction of sp³-hybridized carbons (Fsp3) is 0.875. The molecule has 4 unspecified atom stereocenters. The summed E-state index contributed by atoms with van der Waals surface area (Å²) in [6, 6.07) is 0. The van der Waals surface area contributed by atoms with Gasteiger partial charge in [-0.1, -0.05) is 20.8 Å². The highest BCUT2D eigenvalue weighted by Crippen LogP contribution is 2.32. The summed E-state index contributed by atoms with van der Waals surface area (Å²) in [5, 5.41) is 9.39. The molecule has 0 aromatic heterocycles. The predicted molar refractivity (Wildman–Crippen MR) is 38.5 cm³/mol. The molecule has 1 aliphatic carbocycles. The molecule has 2 nitrogen and oxygen atoms in total. The number of aliphatic hydroxyl groups excluding tert-OH is 1. The first-order valence-corrected chi connectivity index (χ1v) is 3.77. The zero-order valence-electron chi connectivity index (χ0n) is 6.66. The number of hydrogen-bond acceptors (Lipinski definition) is 2. The molecule has 1 saturated carbocycles. The molecule has 2 heteroatoms. The first-order chi connectivity index (χ1) is 4.55. The van der Waals surface area contributed by atoms with Crippen molar-refractivity contribution in [1.82, 2.24) is 0 Å².